The minimum Gasteiger partial charge on any atom is -0.383 e. The Kier molecular flexibility index (Phi) is 12.3. The van der Waals surface area contributed by atoms with Crippen molar-refractivity contribution < 1.29 is 4.39 Å². The second-order valence-electron chi connectivity index (χ2n) is 10.6. The van der Waals surface area contributed by atoms with E-state index in [1.54, 1.807) is 10.6 Å². The van der Waals surface area contributed by atoms with Crippen LogP contribution in [0.1, 0.15) is 77.3 Å². The Morgan fingerprint density at radius 1 is 0.925 bits per heavy atom. The predicted octanol–water partition coefficient (Wildman–Crippen LogP) is 6.71. The largest absolute Gasteiger partial charge is 0.383 e. The van der Waals surface area contributed by atoms with Crippen molar-refractivity contribution in [1.82, 2.24) is 19.4 Å². The molecule has 1 N–H and O–H groups in total. The van der Waals surface area contributed by atoms with E-state index in [1.807, 2.05) is 12.2 Å². The lowest BCUT2D eigenvalue weighted by atomic mass is 10.0. The lowest BCUT2D eigenvalue weighted by molar-refractivity contribution is 0.292. The van der Waals surface area contributed by atoms with E-state index in [1.165, 1.54) is 11.6 Å². The van der Waals surface area contributed by atoms with E-state index < -0.39 is 5.82 Å². The van der Waals surface area contributed by atoms with Gasteiger partial charge in [-0.25, -0.2) is 9.37 Å². The maximum Gasteiger partial charge on any atom is 0.261 e. The van der Waals surface area contributed by atoms with Gasteiger partial charge in [0.05, 0.1) is 16.6 Å². The summed E-state index contributed by atoms with van der Waals surface area (Å²) in [6.45, 7) is 19.9. The van der Waals surface area contributed by atoms with Crippen molar-refractivity contribution in [3.05, 3.63) is 69.5 Å². The number of hydrogen-bond acceptors (Lipinski definition) is 5. The average molecular weight is 550 g/mol. The second kappa shape index (κ2) is 15.7. The molecule has 0 atom stereocenters. The highest BCUT2D eigenvalue weighted by Crippen LogP contribution is 2.21. The summed E-state index contributed by atoms with van der Waals surface area (Å²) < 4.78 is 16.8. The van der Waals surface area contributed by atoms with Gasteiger partial charge in [-0.15, -0.1) is 0 Å². The molecular weight excluding hydrogens is 501 g/mol. The van der Waals surface area contributed by atoms with Crippen LogP contribution in [-0.4, -0.2) is 65.2 Å². The van der Waals surface area contributed by atoms with Crippen molar-refractivity contribution in [3.8, 4) is 0 Å². The van der Waals surface area contributed by atoms with Crippen LogP contribution in [0.3, 0.4) is 0 Å². The molecule has 7 heteroatoms. The second-order valence-corrected chi connectivity index (χ2v) is 10.6. The minimum absolute atomic E-state index is 0.202. The van der Waals surface area contributed by atoms with Crippen molar-refractivity contribution in [2.24, 2.45) is 0 Å². The van der Waals surface area contributed by atoms with Crippen LogP contribution >= 0.6 is 0 Å². The molecule has 40 heavy (non-hydrogen) atoms. The number of rotatable bonds is 16. The summed E-state index contributed by atoms with van der Waals surface area (Å²) in [4.78, 5) is 23.2. The Balaban J connectivity index is 1.92. The van der Waals surface area contributed by atoms with Gasteiger partial charge in [-0.05, 0) is 87.4 Å². The highest BCUT2D eigenvalue weighted by molar-refractivity contribution is 5.83. The van der Waals surface area contributed by atoms with Crippen LogP contribution < -0.4 is 10.9 Å². The summed E-state index contributed by atoms with van der Waals surface area (Å²) in [5, 5.41) is 3.53. The molecule has 0 unspecified atom stereocenters. The standard InChI is InChI=1S/C33H48FN5O/c1-7-37(8-2)20-11-19-35-31-24-30-28(23-29(31)34)33(40)39(22-12-21-38(9-3)10-4)32(36-30)18-15-26-13-16-27(17-14-26)25(5)6/h13-18,23-25,35H,7-12,19-22H2,1-6H3/b18-15+. The molecule has 0 aliphatic rings. The Hall–Kier alpha value is -3.03. The number of halogens is 1. The Labute approximate surface area is 239 Å². The van der Waals surface area contributed by atoms with E-state index in [9.17, 15) is 4.79 Å². The van der Waals surface area contributed by atoms with Crippen LogP contribution in [0, 0.1) is 5.82 Å². The van der Waals surface area contributed by atoms with Crippen molar-refractivity contribution in [2.75, 3.05) is 51.1 Å². The topological polar surface area (TPSA) is 53.4 Å². The summed E-state index contributed by atoms with van der Waals surface area (Å²) in [6.07, 6.45) is 5.62. The number of fused-ring (bicyclic) bond motifs is 1. The molecule has 3 rings (SSSR count). The number of hydrogen-bond donors (Lipinski definition) is 1. The van der Waals surface area contributed by atoms with Crippen molar-refractivity contribution in [1.29, 1.82) is 0 Å². The Bertz CT molecular complexity index is 1290. The van der Waals surface area contributed by atoms with Crippen molar-refractivity contribution >= 4 is 28.7 Å². The molecule has 3 aromatic rings. The molecular formula is C33H48FN5O. The summed E-state index contributed by atoms with van der Waals surface area (Å²) in [7, 11) is 0. The zero-order chi connectivity index (χ0) is 29.1. The summed E-state index contributed by atoms with van der Waals surface area (Å²) in [5.41, 5.74) is 3.02. The molecule has 0 spiro atoms. The zero-order valence-corrected chi connectivity index (χ0v) is 25.3. The predicted molar refractivity (Wildman–Crippen MR) is 169 cm³/mol. The smallest absolute Gasteiger partial charge is 0.261 e. The van der Waals surface area contributed by atoms with Gasteiger partial charge in [0, 0.05) is 13.1 Å². The van der Waals surface area contributed by atoms with Crippen LogP contribution in [0.2, 0.25) is 0 Å². The molecule has 0 amide bonds. The van der Waals surface area contributed by atoms with E-state index in [0.717, 1.165) is 57.7 Å². The molecule has 218 valence electrons. The first kappa shape index (κ1) is 31.5. The quantitative estimate of drug-likeness (QED) is 0.201. The lowest BCUT2D eigenvalue weighted by Gasteiger charge is -2.19. The summed E-state index contributed by atoms with van der Waals surface area (Å²) in [6, 6.07) is 11.5. The summed E-state index contributed by atoms with van der Waals surface area (Å²) in [5.74, 6) is 0.637. The molecule has 0 bridgehead atoms. The number of anilines is 1. The van der Waals surface area contributed by atoms with E-state index in [4.69, 9.17) is 4.98 Å². The van der Waals surface area contributed by atoms with Crippen LogP contribution in [0.15, 0.2) is 41.2 Å². The van der Waals surface area contributed by atoms with E-state index in [0.29, 0.717) is 41.4 Å². The van der Waals surface area contributed by atoms with Gasteiger partial charge in [-0.1, -0.05) is 71.9 Å². The lowest BCUT2D eigenvalue weighted by Crippen LogP contribution is -2.28. The molecule has 0 aliphatic heterocycles. The van der Waals surface area contributed by atoms with E-state index in [2.05, 4.69) is 80.9 Å². The van der Waals surface area contributed by atoms with Crippen LogP contribution in [0.25, 0.3) is 23.1 Å². The van der Waals surface area contributed by atoms with Gasteiger partial charge in [0.15, 0.2) is 0 Å². The number of aromatic nitrogens is 2. The number of nitrogens with zero attached hydrogens (tertiary/aromatic N) is 4. The van der Waals surface area contributed by atoms with Gasteiger partial charge < -0.3 is 15.1 Å². The molecule has 0 saturated carbocycles. The van der Waals surface area contributed by atoms with Gasteiger partial charge in [0.25, 0.3) is 5.56 Å². The highest BCUT2D eigenvalue weighted by atomic mass is 19.1. The fraction of sp³-hybridized carbons (Fsp3) is 0.515. The van der Waals surface area contributed by atoms with Crippen LogP contribution in [0.5, 0.6) is 0 Å². The number of benzene rings is 2. The monoisotopic (exact) mass is 549 g/mol. The van der Waals surface area contributed by atoms with Gasteiger partial charge in [-0.3, -0.25) is 9.36 Å². The SMILES string of the molecule is CCN(CC)CCCNc1cc2nc(/C=C/c3ccc(C(C)C)cc3)n(CCCN(CC)CC)c(=O)c2cc1F. The number of nitrogens with one attached hydrogen (secondary N) is 1. The van der Waals surface area contributed by atoms with Crippen molar-refractivity contribution in [3.63, 3.8) is 0 Å². The molecule has 0 saturated heterocycles. The molecule has 6 nitrogen and oxygen atoms in total. The van der Waals surface area contributed by atoms with Crippen molar-refractivity contribution in [2.45, 2.75) is 66.8 Å². The van der Waals surface area contributed by atoms with Gasteiger partial charge in [0.1, 0.15) is 11.6 Å². The average Bonchev–Trinajstić information content (AvgIpc) is 2.96. The third kappa shape index (κ3) is 8.48. The first-order valence-electron chi connectivity index (χ1n) is 15.0. The zero-order valence-electron chi connectivity index (χ0n) is 25.3. The molecule has 0 radical (unpaired) electrons. The fourth-order valence-electron chi connectivity index (χ4n) is 4.96. The first-order valence-corrected chi connectivity index (χ1v) is 15.0. The molecule has 1 heterocycles. The third-order valence-electron chi connectivity index (χ3n) is 7.71. The minimum atomic E-state index is -0.419. The van der Waals surface area contributed by atoms with Gasteiger partial charge in [0.2, 0.25) is 0 Å². The van der Waals surface area contributed by atoms with Gasteiger partial charge >= 0.3 is 0 Å². The third-order valence-corrected chi connectivity index (χ3v) is 7.71. The Morgan fingerprint density at radius 3 is 2.15 bits per heavy atom. The van der Waals surface area contributed by atoms with E-state index in [-0.39, 0.29) is 5.56 Å². The van der Waals surface area contributed by atoms with E-state index >= 15 is 4.39 Å². The highest BCUT2D eigenvalue weighted by Gasteiger charge is 2.14. The molecule has 2 aromatic carbocycles. The maximum atomic E-state index is 15.1. The van der Waals surface area contributed by atoms with Crippen LogP contribution in [0.4, 0.5) is 10.1 Å². The fourth-order valence-corrected chi connectivity index (χ4v) is 4.96. The molecule has 0 aliphatic carbocycles. The summed E-state index contributed by atoms with van der Waals surface area (Å²) >= 11 is 0. The first-order chi connectivity index (χ1) is 19.3. The van der Waals surface area contributed by atoms with Gasteiger partial charge in [-0.2, -0.15) is 0 Å². The maximum absolute atomic E-state index is 15.1. The normalized spacial score (nSPS) is 12.1. The van der Waals surface area contributed by atoms with Crippen LogP contribution in [-0.2, 0) is 6.54 Å². The Morgan fingerprint density at radius 2 is 1.55 bits per heavy atom. The molecule has 0 fully saturated rings. The molecule has 1 aromatic heterocycles.